The van der Waals surface area contributed by atoms with Gasteiger partial charge in [0.15, 0.2) is 0 Å². The highest BCUT2D eigenvalue weighted by atomic mass is 35.5. The highest BCUT2D eigenvalue weighted by molar-refractivity contribution is 6.30. The van der Waals surface area contributed by atoms with E-state index in [0.717, 1.165) is 6.07 Å². The molecular formula is C15H14ClFN2O2. The molecule has 0 bridgehead atoms. The fraction of sp³-hybridized carbons (Fsp3) is 0.267. The fourth-order valence-corrected chi connectivity index (χ4v) is 2.43. The number of carbonyl (C=O) groups is 1. The Bertz CT molecular complexity index is 689. The van der Waals surface area contributed by atoms with E-state index in [1.165, 1.54) is 25.6 Å². The molecule has 2 aromatic rings. The first-order valence-electron chi connectivity index (χ1n) is 6.33. The van der Waals surface area contributed by atoms with E-state index in [1.807, 2.05) is 13.8 Å². The van der Waals surface area contributed by atoms with E-state index in [9.17, 15) is 9.18 Å². The molecule has 0 fully saturated rings. The maximum atomic E-state index is 13.8. The lowest BCUT2D eigenvalue weighted by Gasteiger charge is -2.13. The summed E-state index contributed by atoms with van der Waals surface area (Å²) in [5.41, 5.74) is 1.80. The zero-order chi connectivity index (χ0) is 15.6. The van der Waals surface area contributed by atoms with Crippen molar-refractivity contribution in [3.8, 4) is 11.3 Å². The predicted octanol–water partition coefficient (Wildman–Crippen LogP) is 3.85. The van der Waals surface area contributed by atoms with E-state index in [0.29, 0.717) is 22.0 Å². The number of ether oxygens (including phenoxy) is 1. The molecule has 4 nitrogen and oxygen atoms in total. The van der Waals surface area contributed by atoms with Gasteiger partial charge in [-0.15, -0.1) is 0 Å². The van der Waals surface area contributed by atoms with E-state index in [4.69, 9.17) is 11.6 Å². The molecule has 0 amide bonds. The molecule has 6 heteroatoms. The molecule has 0 atom stereocenters. The van der Waals surface area contributed by atoms with Crippen LogP contribution in [0.25, 0.3) is 11.3 Å². The Kier molecular flexibility index (Phi) is 4.53. The molecule has 1 aromatic carbocycles. The lowest BCUT2D eigenvalue weighted by atomic mass is 9.97. The van der Waals surface area contributed by atoms with E-state index in [-0.39, 0.29) is 11.5 Å². The molecule has 0 unspecified atom stereocenters. The van der Waals surface area contributed by atoms with Crippen LogP contribution in [0.15, 0.2) is 24.5 Å². The van der Waals surface area contributed by atoms with Gasteiger partial charge in [0.05, 0.1) is 18.4 Å². The number of aromatic nitrogens is 2. The van der Waals surface area contributed by atoms with Gasteiger partial charge in [-0.1, -0.05) is 25.4 Å². The lowest BCUT2D eigenvalue weighted by molar-refractivity contribution is 0.0600. The number of halogens is 2. The van der Waals surface area contributed by atoms with Gasteiger partial charge in [-0.2, -0.15) is 0 Å². The smallest absolute Gasteiger partial charge is 0.337 e. The average molecular weight is 309 g/mol. The van der Waals surface area contributed by atoms with Gasteiger partial charge in [0.1, 0.15) is 17.3 Å². The van der Waals surface area contributed by atoms with Crippen molar-refractivity contribution in [2.75, 3.05) is 7.11 Å². The Morgan fingerprint density at radius 3 is 2.62 bits per heavy atom. The molecule has 1 aromatic heterocycles. The molecule has 110 valence electrons. The molecule has 0 spiro atoms. The highest BCUT2D eigenvalue weighted by Gasteiger charge is 2.17. The molecule has 1 heterocycles. The molecule has 0 aliphatic rings. The second-order valence-corrected chi connectivity index (χ2v) is 5.16. The summed E-state index contributed by atoms with van der Waals surface area (Å²) in [5.74, 6) is -1.10. The zero-order valence-electron chi connectivity index (χ0n) is 11.9. The van der Waals surface area contributed by atoms with Crippen LogP contribution in [-0.4, -0.2) is 23.0 Å². The van der Waals surface area contributed by atoms with Crippen LogP contribution in [0.2, 0.25) is 5.15 Å². The van der Waals surface area contributed by atoms with Crippen LogP contribution >= 0.6 is 11.6 Å². The number of hydrogen-bond acceptors (Lipinski definition) is 4. The van der Waals surface area contributed by atoms with E-state index < -0.39 is 11.8 Å². The van der Waals surface area contributed by atoms with E-state index in [1.54, 1.807) is 0 Å². The van der Waals surface area contributed by atoms with E-state index in [2.05, 4.69) is 14.7 Å². The minimum Gasteiger partial charge on any atom is -0.465 e. The molecule has 21 heavy (non-hydrogen) atoms. The topological polar surface area (TPSA) is 52.1 Å². The average Bonchev–Trinajstić information content (AvgIpc) is 2.45. The van der Waals surface area contributed by atoms with Gasteiger partial charge in [-0.05, 0) is 24.1 Å². The summed E-state index contributed by atoms with van der Waals surface area (Å²) in [6.45, 7) is 3.88. The van der Waals surface area contributed by atoms with Gasteiger partial charge in [-0.3, -0.25) is 0 Å². The molecule has 0 aliphatic heterocycles. The van der Waals surface area contributed by atoms with Crippen LogP contribution < -0.4 is 0 Å². The number of nitrogens with zero attached hydrogens (tertiary/aromatic N) is 2. The first-order valence-corrected chi connectivity index (χ1v) is 6.71. The monoisotopic (exact) mass is 308 g/mol. The van der Waals surface area contributed by atoms with Crippen LogP contribution in [0.4, 0.5) is 4.39 Å². The number of carbonyl (C=O) groups excluding carboxylic acids is 1. The van der Waals surface area contributed by atoms with Crippen LogP contribution in [0.3, 0.4) is 0 Å². The highest BCUT2D eigenvalue weighted by Crippen LogP contribution is 2.32. The van der Waals surface area contributed by atoms with Crippen molar-refractivity contribution in [2.24, 2.45) is 0 Å². The van der Waals surface area contributed by atoms with Crippen molar-refractivity contribution in [1.29, 1.82) is 0 Å². The summed E-state index contributed by atoms with van der Waals surface area (Å²) in [6, 6.07) is 3.95. The van der Waals surface area contributed by atoms with Gasteiger partial charge < -0.3 is 4.74 Å². The maximum absolute atomic E-state index is 13.8. The predicted molar refractivity (Wildman–Crippen MR) is 77.9 cm³/mol. The quantitative estimate of drug-likeness (QED) is 0.638. The van der Waals surface area contributed by atoms with Crippen LogP contribution in [0, 0.1) is 5.82 Å². The Morgan fingerprint density at radius 2 is 2.00 bits per heavy atom. The summed E-state index contributed by atoms with van der Waals surface area (Å²) in [4.78, 5) is 19.7. The number of methoxy groups -OCH3 is 1. The summed E-state index contributed by atoms with van der Waals surface area (Å²) in [7, 11) is 1.24. The van der Waals surface area contributed by atoms with Crippen molar-refractivity contribution < 1.29 is 13.9 Å². The summed E-state index contributed by atoms with van der Waals surface area (Å²) < 4.78 is 18.4. The molecular weight excluding hydrogens is 295 g/mol. The third-order valence-electron chi connectivity index (χ3n) is 3.00. The first-order chi connectivity index (χ1) is 9.93. The van der Waals surface area contributed by atoms with Gasteiger partial charge in [0, 0.05) is 11.1 Å². The lowest BCUT2D eigenvalue weighted by Crippen LogP contribution is -2.04. The molecule has 2 rings (SSSR count). The second kappa shape index (κ2) is 6.18. The Hall–Kier alpha value is -2.01. The molecule has 0 radical (unpaired) electrons. The normalized spacial score (nSPS) is 10.8. The third-order valence-corrected chi connectivity index (χ3v) is 3.31. The Balaban J connectivity index is 2.65. The van der Waals surface area contributed by atoms with Gasteiger partial charge in [0.2, 0.25) is 0 Å². The largest absolute Gasteiger partial charge is 0.465 e. The standard InChI is InChI=1S/C15H14ClFN2O2/c1-8(2)12-13(18-7-19-14(12)16)9-4-10(15(20)21-3)6-11(17)5-9/h4-8H,1-3H3. The molecule has 0 aliphatic carbocycles. The molecule has 0 saturated carbocycles. The van der Waals surface area contributed by atoms with E-state index >= 15 is 0 Å². The Morgan fingerprint density at radius 1 is 1.29 bits per heavy atom. The third kappa shape index (κ3) is 3.19. The number of esters is 1. The van der Waals surface area contributed by atoms with Gasteiger partial charge in [-0.25, -0.2) is 19.2 Å². The van der Waals surface area contributed by atoms with Crippen molar-refractivity contribution in [3.63, 3.8) is 0 Å². The van der Waals surface area contributed by atoms with Crippen LogP contribution in [-0.2, 0) is 4.74 Å². The molecule has 0 saturated heterocycles. The minimum absolute atomic E-state index is 0.0542. The zero-order valence-corrected chi connectivity index (χ0v) is 12.6. The van der Waals surface area contributed by atoms with Gasteiger partial charge >= 0.3 is 5.97 Å². The maximum Gasteiger partial charge on any atom is 0.337 e. The van der Waals surface area contributed by atoms with Crippen molar-refractivity contribution in [2.45, 2.75) is 19.8 Å². The van der Waals surface area contributed by atoms with Crippen LogP contribution in [0.1, 0.15) is 35.7 Å². The first kappa shape index (κ1) is 15.4. The van der Waals surface area contributed by atoms with Crippen molar-refractivity contribution >= 4 is 17.6 Å². The fourth-order valence-electron chi connectivity index (χ4n) is 2.08. The molecule has 0 N–H and O–H groups in total. The Labute approximate surface area is 126 Å². The van der Waals surface area contributed by atoms with Crippen molar-refractivity contribution in [3.05, 3.63) is 46.6 Å². The summed E-state index contributed by atoms with van der Waals surface area (Å²) in [5, 5.41) is 0.318. The number of benzene rings is 1. The SMILES string of the molecule is COC(=O)c1cc(F)cc(-c2ncnc(Cl)c2C(C)C)c1. The number of hydrogen-bond donors (Lipinski definition) is 0. The number of rotatable bonds is 3. The second-order valence-electron chi connectivity index (χ2n) is 4.80. The summed E-state index contributed by atoms with van der Waals surface area (Å²) in [6.07, 6.45) is 1.31. The van der Waals surface area contributed by atoms with Gasteiger partial charge in [0.25, 0.3) is 0 Å². The summed E-state index contributed by atoms with van der Waals surface area (Å²) >= 11 is 6.11. The van der Waals surface area contributed by atoms with Crippen LogP contribution in [0.5, 0.6) is 0 Å². The van der Waals surface area contributed by atoms with Crippen molar-refractivity contribution in [1.82, 2.24) is 9.97 Å². The minimum atomic E-state index is -0.609.